The molecule has 0 aliphatic heterocycles. The van der Waals surface area contributed by atoms with Crippen molar-refractivity contribution >= 4 is 5.82 Å². The van der Waals surface area contributed by atoms with Gasteiger partial charge in [-0.3, -0.25) is 0 Å². The minimum Gasteiger partial charge on any atom is -0.357 e. The smallest absolute Gasteiger partial charge is 0.128 e. The van der Waals surface area contributed by atoms with Crippen LogP contribution in [0.4, 0.5) is 5.82 Å². The standard InChI is InChI=1S/C15H25N3/c1-4-18(11-13-8-9-13)15-7-5-6-14(17-15)10-16-12(2)3/h5-7,12-13,16H,4,8-11H2,1-3H3. The second-order valence-corrected chi connectivity index (χ2v) is 5.50. The van der Waals surface area contributed by atoms with Crippen molar-refractivity contribution in [1.29, 1.82) is 0 Å². The summed E-state index contributed by atoms with van der Waals surface area (Å²) in [6.45, 7) is 9.61. The average Bonchev–Trinajstić information content (AvgIpc) is 3.18. The van der Waals surface area contributed by atoms with Crippen molar-refractivity contribution in [2.45, 2.75) is 46.2 Å². The van der Waals surface area contributed by atoms with Crippen molar-refractivity contribution in [3.05, 3.63) is 23.9 Å². The highest BCUT2D eigenvalue weighted by Crippen LogP contribution is 2.30. The van der Waals surface area contributed by atoms with Crippen LogP contribution in [0.15, 0.2) is 18.2 Å². The van der Waals surface area contributed by atoms with Gasteiger partial charge >= 0.3 is 0 Å². The summed E-state index contributed by atoms with van der Waals surface area (Å²) in [5.74, 6) is 2.04. The van der Waals surface area contributed by atoms with E-state index in [9.17, 15) is 0 Å². The molecule has 1 aromatic heterocycles. The van der Waals surface area contributed by atoms with E-state index in [2.05, 4.69) is 49.2 Å². The van der Waals surface area contributed by atoms with E-state index in [-0.39, 0.29) is 0 Å². The molecule has 100 valence electrons. The van der Waals surface area contributed by atoms with Gasteiger partial charge < -0.3 is 10.2 Å². The van der Waals surface area contributed by atoms with E-state index in [1.165, 1.54) is 19.4 Å². The fraction of sp³-hybridized carbons (Fsp3) is 0.667. The summed E-state index contributed by atoms with van der Waals surface area (Å²) < 4.78 is 0. The highest BCUT2D eigenvalue weighted by Gasteiger charge is 2.24. The van der Waals surface area contributed by atoms with Crippen LogP contribution >= 0.6 is 0 Å². The largest absolute Gasteiger partial charge is 0.357 e. The van der Waals surface area contributed by atoms with Crippen molar-refractivity contribution in [2.75, 3.05) is 18.0 Å². The van der Waals surface area contributed by atoms with E-state index in [1.54, 1.807) is 0 Å². The summed E-state index contributed by atoms with van der Waals surface area (Å²) in [5.41, 5.74) is 1.13. The Morgan fingerprint density at radius 3 is 2.78 bits per heavy atom. The molecule has 0 spiro atoms. The summed E-state index contributed by atoms with van der Waals surface area (Å²) >= 11 is 0. The molecular weight excluding hydrogens is 222 g/mol. The molecule has 3 nitrogen and oxygen atoms in total. The second kappa shape index (κ2) is 6.19. The van der Waals surface area contributed by atoms with Crippen molar-refractivity contribution in [2.24, 2.45) is 5.92 Å². The first-order valence-corrected chi connectivity index (χ1v) is 7.13. The van der Waals surface area contributed by atoms with Gasteiger partial charge in [-0.25, -0.2) is 4.98 Å². The molecule has 1 aliphatic rings. The Morgan fingerprint density at radius 2 is 2.17 bits per heavy atom. The Labute approximate surface area is 111 Å². The van der Waals surface area contributed by atoms with E-state index in [0.29, 0.717) is 6.04 Å². The highest BCUT2D eigenvalue weighted by molar-refractivity contribution is 5.39. The maximum atomic E-state index is 4.76. The summed E-state index contributed by atoms with van der Waals surface area (Å²) in [5, 5.41) is 3.42. The molecular formula is C15H25N3. The third kappa shape index (κ3) is 3.98. The van der Waals surface area contributed by atoms with Crippen LogP contribution in [0.25, 0.3) is 0 Å². The fourth-order valence-electron chi connectivity index (χ4n) is 2.05. The van der Waals surface area contributed by atoms with E-state index in [1.807, 2.05) is 0 Å². The zero-order valence-electron chi connectivity index (χ0n) is 11.8. The number of hydrogen-bond acceptors (Lipinski definition) is 3. The van der Waals surface area contributed by atoms with Crippen LogP contribution in [-0.4, -0.2) is 24.1 Å². The van der Waals surface area contributed by atoms with Crippen LogP contribution in [-0.2, 0) is 6.54 Å². The Kier molecular flexibility index (Phi) is 4.59. The number of rotatable bonds is 7. The van der Waals surface area contributed by atoms with Gasteiger partial charge in [-0.1, -0.05) is 19.9 Å². The van der Waals surface area contributed by atoms with Crippen LogP contribution in [0, 0.1) is 5.92 Å². The Hall–Kier alpha value is -1.09. The molecule has 1 fully saturated rings. The molecule has 18 heavy (non-hydrogen) atoms. The predicted octanol–water partition coefficient (Wildman–Crippen LogP) is 2.82. The molecule has 1 saturated carbocycles. The lowest BCUT2D eigenvalue weighted by Gasteiger charge is -2.22. The number of aromatic nitrogens is 1. The van der Waals surface area contributed by atoms with E-state index < -0.39 is 0 Å². The lowest BCUT2D eigenvalue weighted by atomic mass is 10.3. The second-order valence-electron chi connectivity index (χ2n) is 5.50. The molecule has 1 aliphatic carbocycles. The molecule has 1 N–H and O–H groups in total. The summed E-state index contributed by atoms with van der Waals surface area (Å²) in [7, 11) is 0. The summed E-state index contributed by atoms with van der Waals surface area (Å²) in [4.78, 5) is 7.16. The molecule has 0 unspecified atom stereocenters. The molecule has 1 heterocycles. The van der Waals surface area contributed by atoms with Crippen LogP contribution in [0.2, 0.25) is 0 Å². The van der Waals surface area contributed by atoms with Gasteiger partial charge in [0, 0.05) is 25.7 Å². The van der Waals surface area contributed by atoms with E-state index >= 15 is 0 Å². The zero-order valence-corrected chi connectivity index (χ0v) is 11.8. The highest BCUT2D eigenvalue weighted by atomic mass is 15.2. The first-order valence-electron chi connectivity index (χ1n) is 7.13. The van der Waals surface area contributed by atoms with Gasteiger partial charge in [-0.15, -0.1) is 0 Å². The number of pyridine rings is 1. The molecule has 0 atom stereocenters. The molecule has 0 saturated heterocycles. The van der Waals surface area contributed by atoms with Gasteiger partial charge in [-0.05, 0) is 37.8 Å². The maximum absolute atomic E-state index is 4.76. The van der Waals surface area contributed by atoms with Crippen molar-refractivity contribution in [3.8, 4) is 0 Å². The number of nitrogens with one attached hydrogen (secondary N) is 1. The third-order valence-corrected chi connectivity index (χ3v) is 3.36. The maximum Gasteiger partial charge on any atom is 0.128 e. The van der Waals surface area contributed by atoms with Crippen LogP contribution in [0.1, 0.15) is 39.3 Å². The lowest BCUT2D eigenvalue weighted by Crippen LogP contribution is -2.27. The summed E-state index contributed by atoms with van der Waals surface area (Å²) in [6.07, 6.45) is 2.79. The number of hydrogen-bond donors (Lipinski definition) is 1. The van der Waals surface area contributed by atoms with Gasteiger partial charge in [0.1, 0.15) is 5.82 Å². The van der Waals surface area contributed by atoms with Crippen LogP contribution in [0.5, 0.6) is 0 Å². The quantitative estimate of drug-likeness (QED) is 0.803. The lowest BCUT2D eigenvalue weighted by molar-refractivity contribution is 0.580. The summed E-state index contributed by atoms with van der Waals surface area (Å²) in [6, 6.07) is 6.85. The molecule has 1 aromatic rings. The Morgan fingerprint density at radius 1 is 1.39 bits per heavy atom. The van der Waals surface area contributed by atoms with Crippen LogP contribution < -0.4 is 10.2 Å². The molecule has 0 amide bonds. The minimum atomic E-state index is 0.504. The first-order chi connectivity index (χ1) is 8.69. The SMILES string of the molecule is CCN(CC1CC1)c1cccc(CNC(C)C)n1. The van der Waals surface area contributed by atoms with Gasteiger partial charge in [-0.2, -0.15) is 0 Å². The van der Waals surface area contributed by atoms with Crippen molar-refractivity contribution in [3.63, 3.8) is 0 Å². The van der Waals surface area contributed by atoms with Gasteiger partial charge in [0.2, 0.25) is 0 Å². The average molecular weight is 247 g/mol. The third-order valence-electron chi connectivity index (χ3n) is 3.36. The first kappa shape index (κ1) is 13.3. The molecule has 3 heteroatoms. The molecule has 0 aromatic carbocycles. The zero-order chi connectivity index (χ0) is 13.0. The molecule has 0 radical (unpaired) electrons. The van der Waals surface area contributed by atoms with Crippen molar-refractivity contribution in [1.82, 2.24) is 10.3 Å². The normalized spacial score (nSPS) is 15.1. The topological polar surface area (TPSA) is 28.2 Å². The Balaban J connectivity index is 1.99. The predicted molar refractivity (Wildman–Crippen MR) is 76.8 cm³/mol. The fourth-order valence-corrected chi connectivity index (χ4v) is 2.05. The molecule has 2 rings (SSSR count). The Bertz CT molecular complexity index is 372. The van der Waals surface area contributed by atoms with Crippen LogP contribution in [0.3, 0.4) is 0 Å². The number of nitrogens with zero attached hydrogens (tertiary/aromatic N) is 2. The monoisotopic (exact) mass is 247 g/mol. The van der Waals surface area contributed by atoms with E-state index in [4.69, 9.17) is 4.98 Å². The number of anilines is 1. The minimum absolute atomic E-state index is 0.504. The van der Waals surface area contributed by atoms with Crippen molar-refractivity contribution < 1.29 is 0 Å². The van der Waals surface area contributed by atoms with Gasteiger partial charge in [0.25, 0.3) is 0 Å². The van der Waals surface area contributed by atoms with Gasteiger partial charge in [0.05, 0.1) is 5.69 Å². The van der Waals surface area contributed by atoms with Gasteiger partial charge in [0.15, 0.2) is 0 Å². The molecule has 0 bridgehead atoms. The van der Waals surface area contributed by atoms with E-state index in [0.717, 1.165) is 30.5 Å².